The van der Waals surface area contributed by atoms with Crippen LogP contribution in [0.4, 0.5) is 0 Å². The third-order valence-electron chi connectivity index (χ3n) is 12.9. The molecule has 3 aromatic carbocycles. The van der Waals surface area contributed by atoms with Gasteiger partial charge < -0.3 is 33.9 Å². The molecule has 296 valence electrons. The van der Waals surface area contributed by atoms with E-state index in [9.17, 15) is 29.4 Å². The van der Waals surface area contributed by atoms with Gasteiger partial charge in [0.25, 0.3) is 0 Å². The van der Waals surface area contributed by atoms with Crippen molar-refractivity contribution in [2.24, 2.45) is 16.7 Å². The smallest absolute Gasteiger partial charge is 0.338 e. The molecule has 7 rings (SSSR count). The zero-order valence-corrected chi connectivity index (χ0v) is 32.4. The van der Waals surface area contributed by atoms with Crippen molar-refractivity contribution in [3.8, 4) is 0 Å². The van der Waals surface area contributed by atoms with Crippen molar-refractivity contribution >= 4 is 40.4 Å². The summed E-state index contributed by atoms with van der Waals surface area (Å²) in [5, 5.41) is 27.0. The summed E-state index contributed by atoms with van der Waals surface area (Å²) < 4.78 is 30.7. The van der Waals surface area contributed by atoms with E-state index in [1.807, 2.05) is 42.5 Å². The lowest BCUT2D eigenvalue weighted by molar-refractivity contribution is -0.346. The van der Waals surface area contributed by atoms with E-state index in [1.165, 1.54) is 26.0 Å². The number of fused-ring (bicyclic) bond motifs is 6. The number of aryl methyl sites for hydroxylation is 1. The summed E-state index contributed by atoms with van der Waals surface area (Å²) in [5.74, 6) is -5.20. The van der Waals surface area contributed by atoms with Crippen LogP contribution < -0.4 is 0 Å². The lowest BCUT2D eigenvalue weighted by Gasteiger charge is -2.67. The Bertz CT molecular complexity index is 2120. The van der Waals surface area contributed by atoms with Gasteiger partial charge in [-0.3, -0.25) is 19.2 Å². The number of ether oxygens (including phenoxy) is 5. The van der Waals surface area contributed by atoms with Crippen LogP contribution in [-0.2, 0) is 49.3 Å². The normalized spacial score (nSPS) is 33.1. The first-order chi connectivity index (χ1) is 26.4. The number of ketones is 1. The van der Waals surface area contributed by atoms with Gasteiger partial charge in [-0.2, -0.15) is 0 Å². The minimum atomic E-state index is -2.19. The quantitative estimate of drug-likeness (QED) is 0.179. The molecule has 9 atom stereocenters. The van der Waals surface area contributed by atoms with Gasteiger partial charge in [-0.25, -0.2) is 4.79 Å². The van der Waals surface area contributed by atoms with Crippen LogP contribution in [0.3, 0.4) is 0 Å². The molecule has 2 bridgehead atoms. The van der Waals surface area contributed by atoms with Crippen LogP contribution in [0.1, 0.15) is 76.7 Å². The second-order valence-corrected chi connectivity index (χ2v) is 16.4. The molecule has 12 heteroatoms. The topological polar surface area (TPSA) is 172 Å². The zero-order chi connectivity index (χ0) is 40.4. The number of Topliss-reactive ketones (excluding diaryl/α,β-unsaturated/α-hetero) is 1. The Labute approximate surface area is 325 Å². The molecular weight excluding hydrogens is 720 g/mol. The Balaban J connectivity index is 1.39. The van der Waals surface area contributed by atoms with Crippen LogP contribution in [0, 0.1) is 16.7 Å². The van der Waals surface area contributed by atoms with Crippen LogP contribution in [0.15, 0.2) is 83.9 Å². The number of hydrogen-bond acceptors (Lipinski definition) is 12. The molecule has 3 aromatic rings. The number of esters is 4. The molecule has 56 heavy (non-hydrogen) atoms. The molecular formula is C44H48O12. The van der Waals surface area contributed by atoms with E-state index >= 15 is 4.79 Å². The van der Waals surface area contributed by atoms with Crippen molar-refractivity contribution in [2.45, 2.75) is 109 Å². The van der Waals surface area contributed by atoms with Gasteiger partial charge in [-0.1, -0.05) is 74.5 Å². The average molecular weight is 769 g/mol. The van der Waals surface area contributed by atoms with Gasteiger partial charge in [-0.15, -0.1) is 0 Å². The van der Waals surface area contributed by atoms with Crippen molar-refractivity contribution in [1.82, 2.24) is 0 Å². The van der Waals surface area contributed by atoms with E-state index in [2.05, 4.69) is 0 Å². The summed E-state index contributed by atoms with van der Waals surface area (Å²) in [6.45, 7) is 8.48. The van der Waals surface area contributed by atoms with E-state index in [0.29, 0.717) is 12.0 Å². The maximum atomic E-state index is 15.6. The predicted molar refractivity (Wildman–Crippen MR) is 201 cm³/mol. The SMILES string of the molecule is CC(=O)O[C@H]1C(=O)[C@]2(C)[C@@H](OC(=O)CCc3ccc4ccccc4c3)C[C@H]3OC[C@@]3(OC(C)=O)[C@H]2[C@H](OC(=O)c2ccccc2)[C@]2(O)C[C@H](O)C(C)=C1C2(C)C. The molecule has 0 aromatic heterocycles. The Morgan fingerprint density at radius 2 is 1.55 bits per heavy atom. The van der Waals surface area contributed by atoms with Gasteiger partial charge in [0.1, 0.15) is 23.9 Å². The van der Waals surface area contributed by atoms with Gasteiger partial charge in [0.05, 0.1) is 29.6 Å². The molecule has 3 aliphatic carbocycles. The van der Waals surface area contributed by atoms with E-state index in [1.54, 1.807) is 39.0 Å². The van der Waals surface area contributed by atoms with Crippen molar-refractivity contribution in [3.63, 3.8) is 0 Å². The molecule has 3 fully saturated rings. The lowest BCUT2D eigenvalue weighted by atomic mass is 9.44. The van der Waals surface area contributed by atoms with Gasteiger partial charge in [-0.05, 0) is 59.9 Å². The minimum absolute atomic E-state index is 0.0579. The monoisotopic (exact) mass is 768 g/mol. The summed E-state index contributed by atoms with van der Waals surface area (Å²) in [4.78, 5) is 69.6. The van der Waals surface area contributed by atoms with Crippen LogP contribution >= 0.6 is 0 Å². The summed E-state index contributed by atoms with van der Waals surface area (Å²) >= 11 is 0. The first kappa shape index (κ1) is 39.3. The second-order valence-electron chi connectivity index (χ2n) is 16.4. The highest BCUT2D eigenvalue weighted by molar-refractivity contribution is 5.96. The fraction of sp³-hybridized carbons (Fsp3) is 0.477. The van der Waals surface area contributed by atoms with Crippen molar-refractivity contribution in [1.29, 1.82) is 0 Å². The fourth-order valence-electron chi connectivity index (χ4n) is 9.91. The highest BCUT2D eigenvalue weighted by Gasteiger charge is 2.79. The first-order valence-electron chi connectivity index (χ1n) is 19.0. The third kappa shape index (κ3) is 6.22. The van der Waals surface area contributed by atoms with E-state index in [0.717, 1.165) is 23.3 Å². The maximum Gasteiger partial charge on any atom is 0.338 e. The molecule has 2 N–H and O–H groups in total. The molecule has 0 amide bonds. The number of hydrogen-bond donors (Lipinski definition) is 2. The molecule has 1 saturated heterocycles. The van der Waals surface area contributed by atoms with Gasteiger partial charge in [0, 0.05) is 38.5 Å². The fourth-order valence-corrected chi connectivity index (χ4v) is 9.91. The van der Waals surface area contributed by atoms with Gasteiger partial charge in [0.2, 0.25) is 0 Å². The Morgan fingerprint density at radius 3 is 2.20 bits per heavy atom. The van der Waals surface area contributed by atoms with Gasteiger partial charge in [0.15, 0.2) is 17.5 Å². The Hall–Kier alpha value is -4.91. The minimum Gasteiger partial charge on any atom is -0.461 e. The zero-order valence-electron chi connectivity index (χ0n) is 32.4. The molecule has 12 nitrogen and oxygen atoms in total. The first-order valence-corrected chi connectivity index (χ1v) is 19.0. The molecule has 1 aliphatic heterocycles. The Morgan fingerprint density at radius 1 is 0.875 bits per heavy atom. The third-order valence-corrected chi connectivity index (χ3v) is 12.9. The summed E-state index contributed by atoms with van der Waals surface area (Å²) in [6.07, 6.45) is -7.18. The highest BCUT2D eigenvalue weighted by Crippen LogP contribution is 2.64. The van der Waals surface area contributed by atoms with Gasteiger partial charge >= 0.3 is 23.9 Å². The maximum absolute atomic E-state index is 15.6. The number of rotatable bonds is 8. The molecule has 0 radical (unpaired) electrons. The molecule has 1 heterocycles. The van der Waals surface area contributed by atoms with Crippen LogP contribution in [-0.4, -0.2) is 88.2 Å². The average Bonchev–Trinajstić information content (AvgIpc) is 3.15. The van der Waals surface area contributed by atoms with Crippen molar-refractivity contribution in [2.75, 3.05) is 6.61 Å². The number of aliphatic hydroxyl groups excluding tert-OH is 1. The largest absolute Gasteiger partial charge is 0.461 e. The van der Waals surface area contributed by atoms with Crippen LogP contribution in [0.2, 0.25) is 0 Å². The van der Waals surface area contributed by atoms with E-state index < -0.39 is 88.1 Å². The summed E-state index contributed by atoms with van der Waals surface area (Å²) in [5.41, 5.74) is -5.86. The number of benzene rings is 3. The number of carbonyl (C=O) groups excluding carboxylic acids is 5. The van der Waals surface area contributed by atoms with Crippen molar-refractivity contribution < 1.29 is 57.9 Å². The summed E-state index contributed by atoms with van der Waals surface area (Å²) in [7, 11) is 0. The van der Waals surface area contributed by atoms with E-state index in [-0.39, 0.29) is 37.0 Å². The number of carbonyl (C=O) groups is 5. The predicted octanol–water partition coefficient (Wildman–Crippen LogP) is 4.99. The van der Waals surface area contributed by atoms with Crippen molar-refractivity contribution in [3.05, 3.63) is 95.1 Å². The van der Waals surface area contributed by atoms with Crippen LogP contribution in [0.25, 0.3) is 10.8 Å². The summed E-state index contributed by atoms with van der Waals surface area (Å²) in [6, 6.07) is 21.8. The molecule has 0 unspecified atom stereocenters. The van der Waals surface area contributed by atoms with Crippen LogP contribution in [0.5, 0.6) is 0 Å². The van der Waals surface area contributed by atoms with E-state index in [4.69, 9.17) is 23.7 Å². The molecule has 0 spiro atoms. The number of aliphatic hydroxyl groups is 2. The molecule has 2 saturated carbocycles. The Kier molecular flexibility index (Phi) is 10.00. The second kappa shape index (κ2) is 14.2. The standard InChI is InChI=1S/C44H48O12/c1-24-31(47)22-44(51)39(55-40(50)29-13-8-7-9-14-29)37-42(6,38(49)36(53-25(2)45)35(24)41(44,4)5)32(21-33-43(37,23-52-33)56-26(3)46)54-34(48)19-17-27-16-18-28-12-10-11-15-30(28)20-27/h7-16,18,20,31-33,36-37,39,47,51H,17,19,21-23H2,1-6H3/t31-,32-,33+,36+,37-,39-,42+,43-,44+/m0/s1. The lowest BCUT2D eigenvalue weighted by Crippen LogP contribution is -2.82. The molecule has 4 aliphatic rings. The highest BCUT2D eigenvalue weighted by atomic mass is 16.6.